The highest BCUT2D eigenvalue weighted by Gasteiger charge is 2.71. The first-order valence-corrected chi connectivity index (χ1v) is 21.2. The second-order valence-corrected chi connectivity index (χ2v) is 21.7. The van der Waals surface area contributed by atoms with Crippen molar-refractivity contribution in [3.8, 4) is 0 Å². The van der Waals surface area contributed by atoms with Gasteiger partial charge in [0.25, 0.3) is 0 Å². The quantitative estimate of drug-likeness (QED) is 0.267. The summed E-state index contributed by atoms with van der Waals surface area (Å²) in [7, 11) is 0. The summed E-state index contributed by atoms with van der Waals surface area (Å²) in [4.78, 5) is 70.5. The van der Waals surface area contributed by atoms with Crippen molar-refractivity contribution in [3.05, 3.63) is 11.1 Å². The number of fused-ring (bicyclic) bond motifs is 7. The Morgan fingerprint density at radius 1 is 0.800 bits per heavy atom. The largest absolute Gasteiger partial charge is 0.481 e. The number of ether oxygens (including phenoxy) is 2. The highest BCUT2D eigenvalue weighted by molar-refractivity contribution is 6.07. The molecule has 2 amide bonds. The van der Waals surface area contributed by atoms with Crippen molar-refractivity contribution >= 4 is 29.7 Å². The van der Waals surface area contributed by atoms with Crippen molar-refractivity contribution < 1.29 is 38.6 Å². The number of aliphatic carboxylic acids is 1. The Bertz CT molecular complexity index is 1650. The molecule has 0 bridgehead atoms. The maximum Gasteiger partial charge on any atom is 0.410 e. The van der Waals surface area contributed by atoms with E-state index in [2.05, 4.69) is 48.5 Å². The summed E-state index contributed by atoms with van der Waals surface area (Å²) >= 11 is 0. The topological polar surface area (TPSA) is 131 Å². The van der Waals surface area contributed by atoms with Crippen LogP contribution in [0, 0.1) is 56.2 Å². The minimum absolute atomic E-state index is 0.0127. The van der Waals surface area contributed by atoms with E-state index in [0.717, 1.165) is 56.1 Å². The second-order valence-electron chi connectivity index (χ2n) is 21.7. The lowest BCUT2D eigenvalue weighted by atomic mass is 9.33. The first-order valence-electron chi connectivity index (χ1n) is 21.2. The van der Waals surface area contributed by atoms with Gasteiger partial charge < -0.3 is 24.4 Å². The van der Waals surface area contributed by atoms with Crippen molar-refractivity contribution in [1.29, 1.82) is 0 Å². The van der Waals surface area contributed by atoms with Gasteiger partial charge in [0.15, 0.2) is 5.78 Å². The van der Waals surface area contributed by atoms with Crippen molar-refractivity contribution in [2.24, 2.45) is 56.2 Å². The third-order valence-corrected chi connectivity index (χ3v) is 16.4. The monoisotopic (exact) mass is 767 g/mol. The van der Waals surface area contributed by atoms with Gasteiger partial charge in [-0.1, -0.05) is 48.5 Å². The number of carbonyl (C=O) groups is 5. The van der Waals surface area contributed by atoms with E-state index in [0.29, 0.717) is 44.4 Å². The molecule has 10 heteroatoms. The number of nitrogens with zero attached hydrogens (tertiary/aromatic N) is 2. The molecule has 0 aromatic carbocycles. The molecule has 0 aromatic rings. The molecule has 0 radical (unpaired) electrons. The predicted molar refractivity (Wildman–Crippen MR) is 210 cm³/mol. The number of rotatable bonds is 6. The molecule has 0 aromatic heterocycles. The van der Waals surface area contributed by atoms with Crippen LogP contribution in [-0.4, -0.2) is 82.5 Å². The van der Waals surface area contributed by atoms with Crippen LogP contribution in [0.4, 0.5) is 4.79 Å². The number of carboxylic acid groups (broad SMARTS) is 1. The van der Waals surface area contributed by atoms with E-state index in [9.17, 15) is 29.1 Å². The molecule has 1 heterocycles. The Kier molecular flexibility index (Phi) is 10.3. The summed E-state index contributed by atoms with van der Waals surface area (Å²) in [6, 6.07) is 0. The van der Waals surface area contributed by atoms with Crippen LogP contribution in [0.15, 0.2) is 11.1 Å². The first kappa shape index (κ1) is 41.7. The lowest BCUT2D eigenvalue weighted by molar-refractivity contribution is -0.233. The zero-order valence-corrected chi connectivity index (χ0v) is 36.0. The number of allylic oxidation sites excluding steroid dienone is 1. The maximum atomic E-state index is 15.0. The number of ketones is 1. The van der Waals surface area contributed by atoms with Crippen LogP contribution < -0.4 is 0 Å². The number of hydrogen-bond acceptors (Lipinski definition) is 7. The average molecular weight is 767 g/mol. The molecule has 10 nitrogen and oxygen atoms in total. The van der Waals surface area contributed by atoms with Gasteiger partial charge in [0, 0.05) is 38.0 Å². The number of carbonyl (C=O) groups excluding carboxylic acids is 4. The standard InChI is InChI=1S/C45H70N2O8/c1-27(2)34-29(48)25-45(36(50)46-21-23-47(24-22-46)38(53)55-39(3,4)5)20-19-43(11)28(35(34)45)13-14-31-42(10)17-16-32(54-33(49)26-40(6,7)37(51)52)41(8,9)30(42)15-18-44(31,43)12/h27-28,30-32H,13-26H2,1-12H3,(H,51,52)/t28-,30+,31-,32+,42+,43-,44-,45-/m1/s1. The van der Waals surface area contributed by atoms with Gasteiger partial charge in [0.1, 0.15) is 11.7 Å². The highest BCUT2D eigenvalue weighted by Crippen LogP contribution is 2.77. The molecular weight excluding hydrogens is 697 g/mol. The average Bonchev–Trinajstić information content (AvgIpc) is 3.38. The summed E-state index contributed by atoms with van der Waals surface area (Å²) in [6.07, 6.45) is 6.75. The SMILES string of the molecule is CC(C)C1=C2[C@H]3CC[C@@H]4[C@@]5(C)CC[C@H](OC(=O)CC(C)(C)C(=O)O)C(C)(C)[C@@H]5CC[C@@]4(C)[C@]3(C)CC[C@@]2(C(=O)N2CCN(C(=O)OC(C)(C)C)CC2)CC1=O. The zero-order chi connectivity index (χ0) is 40.9. The van der Waals surface area contributed by atoms with Crippen molar-refractivity contribution in [3.63, 3.8) is 0 Å². The van der Waals surface area contributed by atoms with Crippen LogP contribution in [-0.2, 0) is 28.7 Å². The molecule has 5 aliphatic carbocycles. The number of piperazine rings is 1. The fourth-order valence-electron chi connectivity index (χ4n) is 13.4. The maximum absolute atomic E-state index is 15.0. The molecule has 6 aliphatic rings. The molecule has 0 spiro atoms. The number of esters is 1. The van der Waals surface area contributed by atoms with E-state index in [1.54, 1.807) is 18.7 Å². The van der Waals surface area contributed by atoms with Gasteiger partial charge in [-0.05, 0) is 137 Å². The molecule has 1 saturated heterocycles. The number of hydrogen-bond donors (Lipinski definition) is 1. The Balaban J connectivity index is 1.26. The zero-order valence-electron chi connectivity index (χ0n) is 36.0. The van der Waals surface area contributed by atoms with E-state index in [-0.39, 0.29) is 70.2 Å². The first-order chi connectivity index (χ1) is 25.2. The van der Waals surface area contributed by atoms with Gasteiger partial charge in [0.2, 0.25) is 5.91 Å². The summed E-state index contributed by atoms with van der Waals surface area (Å²) in [6.45, 7) is 26.6. The smallest absolute Gasteiger partial charge is 0.410 e. The van der Waals surface area contributed by atoms with Gasteiger partial charge >= 0.3 is 18.0 Å². The van der Waals surface area contributed by atoms with Crippen LogP contribution in [0.5, 0.6) is 0 Å². The molecule has 5 fully saturated rings. The summed E-state index contributed by atoms with van der Waals surface area (Å²) < 4.78 is 11.8. The van der Waals surface area contributed by atoms with Gasteiger partial charge in [-0.2, -0.15) is 0 Å². The Labute approximate surface area is 329 Å². The van der Waals surface area contributed by atoms with Crippen LogP contribution in [0.2, 0.25) is 0 Å². The number of amides is 2. The fraction of sp³-hybridized carbons (Fsp3) is 0.844. The van der Waals surface area contributed by atoms with E-state index < -0.39 is 28.4 Å². The number of Topliss-reactive ketones (excluding diaryl/α,β-unsaturated/α-hetero) is 1. The van der Waals surface area contributed by atoms with Gasteiger partial charge in [-0.3, -0.25) is 19.2 Å². The molecule has 4 saturated carbocycles. The van der Waals surface area contributed by atoms with Crippen LogP contribution in [0.1, 0.15) is 147 Å². The van der Waals surface area contributed by atoms with Crippen LogP contribution >= 0.6 is 0 Å². The Morgan fingerprint density at radius 3 is 2.00 bits per heavy atom. The van der Waals surface area contributed by atoms with Gasteiger partial charge in [-0.15, -0.1) is 0 Å². The summed E-state index contributed by atoms with van der Waals surface area (Å²) in [5.41, 5.74) is -0.916. The molecule has 308 valence electrons. The normalized spacial score (nSPS) is 37.4. The van der Waals surface area contributed by atoms with E-state index in [1.165, 1.54) is 0 Å². The molecule has 55 heavy (non-hydrogen) atoms. The lowest BCUT2D eigenvalue weighted by Crippen LogP contribution is -2.66. The summed E-state index contributed by atoms with van der Waals surface area (Å²) in [5.74, 6) is -0.292. The minimum Gasteiger partial charge on any atom is -0.481 e. The van der Waals surface area contributed by atoms with Crippen molar-refractivity contribution in [2.45, 2.75) is 159 Å². The highest BCUT2D eigenvalue weighted by atomic mass is 16.6. The second kappa shape index (κ2) is 13.6. The molecule has 8 atom stereocenters. The molecule has 1 aliphatic heterocycles. The third kappa shape index (κ3) is 6.55. The molecule has 6 rings (SSSR count). The van der Waals surface area contributed by atoms with E-state index in [1.807, 2.05) is 25.7 Å². The van der Waals surface area contributed by atoms with Crippen LogP contribution in [0.3, 0.4) is 0 Å². The fourth-order valence-corrected chi connectivity index (χ4v) is 13.4. The van der Waals surface area contributed by atoms with E-state index >= 15 is 0 Å². The molecule has 0 unspecified atom stereocenters. The van der Waals surface area contributed by atoms with Crippen molar-refractivity contribution in [2.75, 3.05) is 26.2 Å². The summed E-state index contributed by atoms with van der Waals surface area (Å²) in [5, 5.41) is 9.62. The number of carboxylic acids is 1. The van der Waals surface area contributed by atoms with Crippen LogP contribution in [0.25, 0.3) is 0 Å². The van der Waals surface area contributed by atoms with E-state index in [4.69, 9.17) is 9.47 Å². The van der Waals surface area contributed by atoms with Gasteiger partial charge in [0.05, 0.1) is 17.3 Å². The van der Waals surface area contributed by atoms with Gasteiger partial charge in [-0.25, -0.2) is 4.79 Å². The molecular formula is C45H70N2O8. The third-order valence-electron chi connectivity index (χ3n) is 16.4. The van der Waals surface area contributed by atoms with Crippen molar-refractivity contribution in [1.82, 2.24) is 9.80 Å². The lowest BCUT2D eigenvalue weighted by Gasteiger charge is -2.72. The Morgan fingerprint density at radius 2 is 1.42 bits per heavy atom. The molecule has 1 N–H and O–H groups in total. The minimum atomic E-state index is -1.18. The Hall–Kier alpha value is -2.91. The predicted octanol–water partition coefficient (Wildman–Crippen LogP) is 8.46.